The molecule has 0 spiro atoms. The van der Waals surface area contributed by atoms with E-state index in [1.54, 1.807) is 6.07 Å². The van der Waals surface area contributed by atoms with Crippen LogP contribution in [0.3, 0.4) is 0 Å². The summed E-state index contributed by atoms with van der Waals surface area (Å²) in [4.78, 5) is 0. The van der Waals surface area contributed by atoms with Crippen LogP contribution in [0.1, 0.15) is 24.5 Å². The Kier molecular flexibility index (Phi) is 6.27. The van der Waals surface area contributed by atoms with Gasteiger partial charge in [-0.2, -0.15) is 13.2 Å². The summed E-state index contributed by atoms with van der Waals surface area (Å²) in [5.41, 5.74) is 2.58. The molecule has 6 heteroatoms. The van der Waals surface area contributed by atoms with Crippen LogP contribution in [0.15, 0.2) is 24.3 Å². The maximum atomic E-state index is 12.6. The third kappa shape index (κ3) is 5.59. The Labute approximate surface area is 110 Å². The van der Waals surface area contributed by atoms with Gasteiger partial charge in [0.1, 0.15) is 0 Å². The maximum Gasteiger partial charge on any atom is 0.416 e. The second-order valence-corrected chi connectivity index (χ2v) is 4.25. The van der Waals surface area contributed by atoms with E-state index in [0.29, 0.717) is 31.6 Å². The lowest BCUT2D eigenvalue weighted by Gasteiger charge is -2.16. The highest BCUT2D eigenvalue weighted by atomic mass is 19.4. The van der Waals surface area contributed by atoms with Gasteiger partial charge in [0.15, 0.2) is 0 Å². The van der Waals surface area contributed by atoms with Crippen LogP contribution >= 0.6 is 0 Å². The first-order valence-corrected chi connectivity index (χ1v) is 6.17. The van der Waals surface area contributed by atoms with E-state index in [0.717, 1.165) is 12.1 Å². The average molecular weight is 276 g/mol. The van der Waals surface area contributed by atoms with Crippen molar-refractivity contribution in [2.75, 3.05) is 13.2 Å². The molecule has 1 atom stereocenters. The topological polar surface area (TPSA) is 47.3 Å². The molecule has 108 valence electrons. The number of rotatable bonds is 7. The molecule has 0 saturated carbocycles. The lowest BCUT2D eigenvalue weighted by Crippen LogP contribution is -2.37. The first-order chi connectivity index (χ1) is 8.97. The fourth-order valence-corrected chi connectivity index (χ4v) is 1.77. The summed E-state index contributed by atoms with van der Waals surface area (Å²) in [5.74, 6) is 5.40. The van der Waals surface area contributed by atoms with E-state index >= 15 is 0 Å². The number of nitrogens with two attached hydrogens (primary N) is 1. The minimum absolute atomic E-state index is 0.102. The molecule has 1 aromatic rings. The molecule has 3 N–H and O–H groups in total. The predicted octanol–water partition coefficient (Wildman–Crippen LogP) is 2.51. The van der Waals surface area contributed by atoms with Crippen molar-refractivity contribution in [1.82, 2.24) is 5.43 Å². The van der Waals surface area contributed by atoms with Gasteiger partial charge in [-0.15, -0.1) is 0 Å². The van der Waals surface area contributed by atoms with Crippen LogP contribution in [0.4, 0.5) is 13.2 Å². The quantitative estimate of drug-likeness (QED) is 0.457. The van der Waals surface area contributed by atoms with Crippen molar-refractivity contribution < 1.29 is 17.9 Å². The summed E-state index contributed by atoms with van der Waals surface area (Å²) < 4.78 is 42.9. The molecule has 0 aromatic heterocycles. The molecule has 1 unspecified atom stereocenters. The van der Waals surface area contributed by atoms with Crippen LogP contribution in [0, 0.1) is 0 Å². The van der Waals surface area contributed by atoms with Gasteiger partial charge in [-0.1, -0.05) is 18.2 Å². The molecule has 0 amide bonds. The van der Waals surface area contributed by atoms with Gasteiger partial charge < -0.3 is 4.74 Å². The second-order valence-electron chi connectivity index (χ2n) is 4.25. The SMILES string of the molecule is CCOCCC(Cc1cccc(C(F)(F)F)c1)NN. The highest BCUT2D eigenvalue weighted by molar-refractivity contribution is 5.26. The zero-order valence-corrected chi connectivity index (χ0v) is 10.8. The van der Waals surface area contributed by atoms with Crippen LogP contribution in [0.2, 0.25) is 0 Å². The predicted molar refractivity (Wildman–Crippen MR) is 67.4 cm³/mol. The molecule has 0 aliphatic rings. The molecule has 0 heterocycles. The van der Waals surface area contributed by atoms with Gasteiger partial charge in [0.05, 0.1) is 5.56 Å². The molecule has 1 aromatic carbocycles. The minimum atomic E-state index is -4.31. The fourth-order valence-electron chi connectivity index (χ4n) is 1.77. The lowest BCUT2D eigenvalue weighted by atomic mass is 10.0. The highest BCUT2D eigenvalue weighted by Gasteiger charge is 2.30. The molecule has 3 nitrogen and oxygen atoms in total. The van der Waals surface area contributed by atoms with Gasteiger partial charge in [0, 0.05) is 19.3 Å². The summed E-state index contributed by atoms with van der Waals surface area (Å²) in [6.07, 6.45) is -3.22. The number of hydrogen-bond acceptors (Lipinski definition) is 3. The van der Waals surface area contributed by atoms with Crippen molar-refractivity contribution in [3.05, 3.63) is 35.4 Å². The van der Waals surface area contributed by atoms with E-state index in [4.69, 9.17) is 10.6 Å². The summed E-state index contributed by atoms with van der Waals surface area (Å²) in [7, 11) is 0. The molecule has 19 heavy (non-hydrogen) atoms. The Hall–Kier alpha value is -1.11. The molecule has 0 bridgehead atoms. The van der Waals surface area contributed by atoms with Crippen LogP contribution in [-0.2, 0) is 17.3 Å². The molecule has 0 fully saturated rings. The minimum Gasteiger partial charge on any atom is -0.382 e. The van der Waals surface area contributed by atoms with E-state index in [-0.39, 0.29) is 6.04 Å². The first-order valence-electron chi connectivity index (χ1n) is 6.17. The van der Waals surface area contributed by atoms with Gasteiger partial charge in [-0.3, -0.25) is 11.3 Å². The molecular weight excluding hydrogens is 257 g/mol. The Morgan fingerprint density at radius 2 is 2.11 bits per heavy atom. The zero-order valence-electron chi connectivity index (χ0n) is 10.8. The van der Waals surface area contributed by atoms with Crippen LogP contribution < -0.4 is 11.3 Å². The monoisotopic (exact) mass is 276 g/mol. The fraction of sp³-hybridized carbons (Fsp3) is 0.538. The van der Waals surface area contributed by atoms with Crippen LogP contribution in [0.25, 0.3) is 0 Å². The average Bonchev–Trinajstić information content (AvgIpc) is 2.37. The normalized spacial score (nSPS) is 13.5. The van der Waals surface area contributed by atoms with Gasteiger partial charge in [-0.25, -0.2) is 0 Å². The third-order valence-corrected chi connectivity index (χ3v) is 2.79. The first kappa shape index (κ1) is 15.9. The van der Waals surface area contributed by atoms with Gasteiger partial charge >= 0.3 is 6.18 Å². The smallest absolute Gasteiger partial charge is 0.382 e. The Bertz CT molecular complexity index is 382. The van der Waals surface area contributed by atoms with Crippen LogP contribution in [0.5, 0.6) is 0 Å². The van der Waals surface area contributed by atoms with Crippen molar-refractivity contribution in [3.8, 4) is 0 Å². The van der Waals surface area contributed by atoms with Gasteiger partial charge in [0.25, 0.3) is 0 Å². The summed E-state index contributed by atoms with van der Waals surface area (Å²) in [6, 6.07) is 5.20. The highest BCUT2D eigenvalue weighted by Crippen LogP contribution is 2.29. The number of halogens is 3. The molecular formula is C13H19F3N2O. The third-order valence-electron chi connectivity index (χ3n) is 2.79. The van der Waals surface area contributed by atoms with Gasteiger partial charge in [-0.05, 0) is 31.4 Å². The number of hydrazine groups is 1. The molecule has 0 aliphatic heterocycles. The Balaban J connectivity index is 2.64. The number of ether oxygens (including phenoxy) is 1. The van der Waals surface area contributed by atoms with Crippen molar-refractivity contribution in [3.63, 3.8) is 0 Å². The Morgan fingerprint density at radius 1 is 1.37 bits per heavy atom. The molecule has 0 radical (unpaired) electrons. The van der Waals surface area contributed by atoms with Crippen molar-refractivity contribution >= 4 is 0 Å². The standard InChI is InChI=1S/C13H19F3N2O/c1-2-19-7-6-12(18-17)9-10-4-3-5-11(8-10)13(14,15)16/h3-5,8,12,18H,2,6-7,9,17H2,1H3. The van der Waals surface area contributed by atoms with Crippen molar-refractivity contribution in [2.45, 2.75) is 32.0 Å². The number of alkyl halides is 3. The van der Waals surface area contributed by atoms with Crippen molar-refractivity contribution in [2.24, 2.45) is 5.84 Å². The van der Waals surface area contributed by atoms with Crippen LogP contribution in [-0.4, -0.2) is 19.3 Å². The Morgan fingerprint density at radius 3 is 2.68 bits per heavy atom. The second kappa shape index (κ2) is 7.47. The zero-order chi connectivity index (χ0) is 14.3. The largest absolute Gasteiger partial charge is 0.416 e. The van der Waals surface area contributed by atoms with Crippen molar-refractivity contribution in [1.29, 1.82) is 0 Å². The van der Waals surface area contributed by atoms with E-state index in [2.05, 4.69) is 5.43 Å². The summed E-state index contributed by atoms with van der Waals surface area (Å²) >= 11 is 0. The molecule has 0 aliphatic carbocycles. The van der Waals surface area contributed by atoms with E-state index in [1.165, 1.54) is 6.07 Å². The summed E-state index contributed by atoms with van der Waals surface area (Å²) in [5, 5.41) is 0. The van der Waals surface area contributed by atoms with E-state index < -0.39 is 11.7 Å². The number of hydrogen-bond donors (Lipinski definition) is 2. The molecule has 1 rings (SSSR count). The van der Waals surface area contributed by atoms with Gasteiger partial charge in [0.2, 0.25) is 0 Å². The molecule has 0 saturated heterocycles. The summed E-state index contributed by atoms with van der Waals surface area (Å²) in [6.45, 7) is 3.03. The lowest BCUT2D eigenvalue weighted by molar-refractivity contribution is -0.137. The van der Waals surface area contributed by atoms with E-state index in [9.17, 15) is 13.2 Å². The maximum absolute atomic E-state index is 12.6. The van der Waals surface area contributed by atoms with E-state index in [1.807, 2.05) is 6.92 Å². The number of nitrogens with one attached hydrogen (secondary N) is 1. The number of benzene rings is 1.